The maximum Gasteiger partial charge on any atom is 2.00 e. The number of hydrogen-bond donors (Lipinski definition) is 0. The number of allylic oxidation sites excluding steroid dienone is 2. The normalized spacial score (nSPS) is 7.14. The molecule has 0 aliphatic carbocycles. The molecule has 0 saturated heterocycles. The van der Waals surface area contributed by atoms with E-state index in [0.29, 0.717) is 0 Å². The van der Waals surface area contributed by atoms with Gasteiger partial charge in [0.25, 0.3) is 0 Å². The number of rotatable bonds is 1. The molecule has 0 fully saturated rings. The van der Waals surface area contributed by atoms with E-state index in [4.69, 9.17) is 0 Å². The van der Waals surface area contributed by atoms with Crippen LogP contribution in [0.3, 0.4) is 0 Å². The van der Waals surface area contributed by atoms with Crippen molar-refractivity contribution in [1.29, 1.82) is 0 Å². The zero-order valence-corrected chi connectivity index (χ0v) is 7.65. The van der Waals surface area contributed by atoms with Gasteiger partial charge in [-0.25, -0.2) is 0 Å². The Kier molecular flexibility index (Phi) is 35.3. The second-order valence-electron chi connectivity index (χ2n) is 0.858. The van der Waals surface area contributed by atoms with Gasteiger partial charge >= 0.3 is 23.1 Å². The summed E-state index contributed by atoms with van der Waals surface area (Å²) in [5.41, 5.74) is 0. The molecule has 0 atom stereocenters. The largest absolute Gasteiger partial charge is 2.00 e. The van der Waals surface area contributed by atoms with Gasteiger partial charge in [0.15, 0.2) is 0 Å². The van der Waals surface area contributed by atoms with Crippen molar-refractivity contribution in [2.45, 2.75) is 13.3 Å². The van der Waals surface area contributed by atoms with Crippen molar-refractivity contribution in [3.8, 4) is 0 Å². The molecular weight excluding hydrogens is 164 g/mol. The fourth-order valence-electron chi connectivity index (χ4n) is 0.167. The zero-order chi connectivity index (χ0) is 4.12. The molecule has 0 aromatic heterocycles. The summed E-state index contributed by atoms with van der Waals surface area (Å²) < 4.78 is 0. The Hall–Kier alpha value is 0.986. The molecule has 2 heteroatoms. The Balaban J connectivity index is -0.0000000800. The Labute approximate surface area is 72.3 Å². The third-order valence-corrected chi connectivity index (χ3v) is 0.402. The maximum atomic E-state index is 3.59. The zero-order valence-electron chi connectivity index (χ0n) is 4.65. The van der Waals surface area contributed by atoms with Gasteiger partial charge in [-0.1, -0.05) is 6.08 Å². The fraction of sp³-hybridized carbons (Fsp3) is 0.400. The molecule has 38 valence electrons. The van der Waals surface area contributed by atoms with Crippen LogP contribution < -0.4 is 17.0 Å². The summed E-state index contributed by atoms with van der Waals surface area (Å²) in [6.45, 7) is 5.58. The molecule has 0 amide bonds. The molecule has 0 aliphatic rings. The molecule has 0 aromatic rings. The van der Waals surface area contributed by atoms with Crippen molar-refractivity contribution in [3.05, 3.63) is 19.1 Å². The predicted molar refractivity (Wildman–Crippen MR) is 30.5 cm³/mol. The summed E-state index contributed by atoms with van der Waals surface area (Å²) in [6, 6.07) is 0. The molecule has 0 heterocycles. The predicted octanol–water partition coefficient (Wildman–Crippen LogP) is -1.59. The summed E-state index contributed by atoms with van der Waals surface area (Å²) in [5.74, 6) is 0. The summed E-state index contributed by atoms with van der Waals surface area (Å²) in [4.78, 5) is 0. The van der Waals surface area contributed by atoms with Crippen LogP contribution in [0.1, 0.15) is 13.3 Å². The fourth-order valence-corrected chi connectivity index (χ4v) is 0.167. The third kappa shape index (κ3) is 19.5. The Bertz CT molecular complexity index is 35.1. The van der Waals surface area contributed by atoms with E-state index in [2.05, 4.69) is 6.92 Å². The van der Waals surface area contributed by atoms with Crippen LogP contribution in [0, 0.1) is 6.92 Å². The second-order valence-corrected chi connectivity index (χ2v) is 0.858. The van der Waals surface area contributed by atoms with Gasteiger partial charge in [0, 0.05) is 0 Å². The van der Waals surface area contributed by atoms with Gasteiger partial charge in [-0.3, -0.25) is 0 Å². The minimum Gasteiger partial charge on any atom is -1.00 e. The molecular formula is C5H9BrMg. The summed E-state index contributed by atoms with van der Waals surface area (Å²) in [5, 5.41) is 0. The van der Waals surface area contributed by atoms with Crippen LogP contribution in [0.4, 0.5) is 0 Å². The van der Waals surface area contributed by atoms with Gasteiger partial charge in [-0.15, -0.1) is 6.08 Å². The van der Waals surface area contributed by atoms with Crippen LogP contribution in [0.25, 0.3) is 0 Å². The van der Waals surface area contributed by atoms with E-state index in [0.717, 1.165) is 6.42 Å². The van der Waals surface area contributed by atoms with Crippen molar-refractivity contribution in [3.63, 3.8) is 0 Å². The van der Waals surface area contributed by atoms with E-state index < -0.39 is 0 Å². The third-order valence-electron chi connectivity index (χ3n) is 0.402. The van der Waals surface area contributed by atoms with Gasteiger partial charge in [0.1, 0.15) is 0 Å². The topological polar surface area (TPSA) is 0 Å². The molecule has 0 aliphatic heterocycles. The first-order valence-electron chi connectivity index (χ1n) is 1.82. The van der Waals surface area contributed by atoms with E-state index in [1.807, 2.05) is 19.1 Å². The number of hydrogen-bond acceptors (Lipinski definition) is 0. The van der Waals surface area contributed by atoms with Crippen molar-refractivity contribution in [1.82, 2.24) is 0 Å². The van der Waals surface area contributed by atoms with Crippen LogP contribution in [0.5, 0.6) is 0 Å². The van der Waals surface area contributed by atoms with Crippen LogP contribution in [0.15, 0.2) is 12.2 Å². The molecule has 0 radical (unpaired) electrons. The minimum atomic E-state index is 0. The smallest absolute Gasteiger partial charge is 1.00 e. The van der Waals surface area contributed by atoms with Crippen LogP contribution in [-0.2, 0) is 0 Å². The quantitative estimate of drug-likeness (QED) is 0.255. The summed E-state index contributed by atoms with van der Waals surface area (Å²) in [6.07, 6.45) is 4.92. The molecule has 0 nitrogen and oxygen atoms in total. The van der Waals surface area contributed by atoms with Crippen molar-refractivity contribution >= 4 is 23.1 Å². The summed E-state index contributed by atoms with van der Waals surface area (Å²) in [7, 11) is 0. The van der Waals surface area contributed by atoms with Crippen LogP contribution in [0.2, 0.25) is 0 Å². The molecule has 0 N–H and O–H groups in total. The van der Waals surface area contributed by atoms with Crippen LogP contribution in [-0.4, -0.2) is 23.1 Å². The van der Waals surface area contributed by atoms with Crippen LogP contribution >= 0.6 is 0 Å². The molecule has 0 spiro atoms. The molecule has 7 heavy (non-hydrogen) atoms. The average molecular weight is 173 g/mol. The first-order chi connectivity index (χ1) is 2.41. The van der Waals surface area contributed by atoms with E-state index in [1.54, 1.807) is 0 Å². The SMILES string of the molecule is [Br-].[CH2-]CC=CC.[Mg+2]. The maximum absolute atomic E-state index is 3.59. The van der Waals surface area contributed by atoms with Crippen molar-refractivity contribution in [2.75, 3.05) is 0 Å². The average Bonchev–Trinajstić information content (AvgIpc) is 1.41. The van der Waals surface area contributed by atoms with E-state index >= 15 is 0 Å². The second kappa shape index (κ2) is 15.8. The summed E-state index contributed by atoms with van der Waals surface area (Å²) >= 11 is 0. The Morgan fingerprint density at radius 1 is 1.57 bits per heavy atom. The van der Waals surface area contributed by atoms with Gasteiger partial charge in [-0.2, -0.15) is 6.42 Å². The number of halogens is 1. The molecule has 0 bridgehead atoms. The Morgan fingerprint density at radius 3 is 2.00 bits per heavy atom. The van der Waals surface area contributed by atoms with Gasteiger partial charge in [0.2, 0.25) is 0 Å². The first kappa shape index (κ1) is 15.7. The van der Waals surface area contributed by atoms with Gasteiger partial charge in [-0.05, 0) is 6.92 Å². The standard InChI is InChI=1S/C5H9.BrH.Mg/c1-3-5-4-2;;/h4-5H,1,3H2,2H3;1H;/q-1;;+2/p-1. The van der Waals surface area contributed by atoms with E-state index in [9.17, 15) is 0 Å². The minimum absolute atomic E-state index is 0. The van der Waals surface area contributed by atoms with Gasteiger partial charge in [0.05, 0.1) is 0 Å². The monoisotopic (exact) mass is 172 g/mol. The molecule has 0 unspecified atom stereocenters. The Morgan fingerprint density at radius 2 is 2.00 bits per heavy atom. The molecule has 0 saturated carbocycles. The first-order valence-corrected chi connectivity index (χ1v) is 1.82. The van der Waals surface area contributed by atoms with Gasteiger partial charge < -0.3 is 23.9 Å². The van der Waals surface area contributed by atoms with Crippen molar-refractivity contribution in [2.24, 2.45) is 0 Å². The molecule has 0 rings (SSSR count). The van der Waals surface area contributed by atoms with Crippen molar-refractivity contribution < 1.29 is 17.0 Å². The molecule has 0 aromatic carbocycles. The van der Waals surface area contributed by atoms with E-state index in [-0.39, 0.29) is 40.0 Å². The van der Waals surface area contributed by atoms with E-state index in [1.165, 1.54) is 0 Å².